The number of ketones is 1. The molecule has 0 amide bonds. The predicted octanol–water partition coefficient (Wildman–Crippen LogP) is 8.84. The summed E-state index contributed by atoms with van der Waals surface area (Å²) >= 11 is 13.9. The lowest BCUT2D eigenvalue weighted by molar-refractivity contribution is -0.170. The Hall–Kier alpha value is -2.88. The van der Waals surface area contributed by atoms with Crippen LogP contribution in [0.15, 0.2) is 42.5 Å². The first kappa shape index (κ1) is 30.7. The van der Waals surface area contributed by atoms with Crippen LogP contribution < -0.4 is 4.74 Å². The van der Waals surface area contributed by atoms with Crippen molar-refractivity contribution < 1.29 is 32.2 Å². The second kappa shape index (κ2) is 11.3. The van der Waals surface area contributed by atoms with Gasteiger partial charge in [-0.1, -0.05) is 35.3 Å². The molecule has 0 aliphatic heterocycles. The Morgan fingerprint density at radius 3 is 2.13 bits per heavy atom. The summed E-state index contributed by atoms with van der Waals surface area (Å²) in [6.07, 6.45) is -1.65. The molecule has 11 heteroatoms. The molecule has 0 aliphatic rings. The van der Waals surface area contributed by atoms with Gasteiger partial charge in [0.05, 0.1) is 21.2 Å². The van der Waals surface area contributed by atoms with E-state index in [4.69, 9.17) is 32.7 Å². The van der Waals surface area contributed by atoms with Crippen LogP contribution in [-0.4, -0.2) is 27.9 Å². The van der Waals surface area contributed by atoms with E-state index in [0.717, 1.165) is 23.5 Å². The first-order valence-electron chi connectivity index (χ1n) is 11.7. The Morgan fingerprint density at radius 2 is 1.56 bits per heavy atom. The smallest absolute Gasteiger partial charge is 0.416 e. The Kier molecular flexibility index (Phi) is 8.89. The second-order valence-corrected chi connectivity index (χ2v) is 11.9. The maximum absolute atomic E-state index is 12.9. The molecule has 3 rings (SSSR count). The van der Waals surface area contributed by atoms with E-state index >= 15 is 0 Å². The van der Waals surface area contributed by atoms with Crippen LogP contribution in [0.2, 0.25) is 10.0 Å². The number of allylic oxidation sites excluding steroid dienone is 1. The zero-order valence-electron chi connectivity index (χ0n) is 22.0. The van der Waals surface area contributed by atoms with Crippen molar-refractivity contribution in [2.45, 2.75) is 58.9 Å². The first-order chi connectivity index (χ1) is 17.9. The number of rotatable bonds is 7. The lowest BCUT2D eigenvalue weighted by Gasteiger charge is -2.29. The van der Waals surface area contributed by atoms with Crippen molar-refractivity contribution in [1.82, 2.24) is 4.98 Å². The number of thiazole rings is 1. The van der Waals surface area contributed by atoms with Crippen LogP contribution in [0.1, 0.15) is 61.1 Å². The van der Waals surface area contributed by atoms with Gasteiger partial charge in [0.1, 0.15) is 21.4 Å². The molecule has 3 aromatic rings. The SMILES string of the molecule is Cc1nc(-c2ccc(C(F)(F)F)cc2)sc1C(=O)/C=C/c1ccc(OC(C)(C)C(=O)OC(C)(C)C)c(Cl)c1Cl. The summed E-state index contributed by atoms with van der Waals surface area (Å²) in [5.41, 5.74) is -1.46. The van der Waals surface area contributed by atoms with E-state index in [1.54, 1.807) is 47.6 Å². The molecule has 0 N–H and O–H groups in total. The van der Waals surface area contributed by atoms with Gasteiger partial charge in [0.15, 0.2) is 11.4 Å². The highest BCUT2D eigenvalue weighted by molar-refractivity contribution is 7.17. The van der Waals surface area contributed by atoms with Crippen LogP contribution in [0.25, 0.3) is 16.6 Å². The monoisotopic (exact) mass is 599 g/mol. The molecule has 0 unspecified atom stereocenters. The maximum Gasteiger partial charge on any atom is 0.416 e. The van der Waals surface area contributed by atoms with Crippen LogP contribution in [0.5, 0.6) is 5.75 Å². The average molecular weight is 600 g/mol. The molecular weight excluding hydrogens is 574 g/mol. The van der Waals surface area contributed by atoms with Gasteiger partial charge < -0.3 is 9.47 Å². The molecule has 1 aromatic heterocycles. The average Bonchev–Trinajstić information content (AvgIpc) is 3.21. The minimum Gasteiger partial charge on any atom is -0.475 e. The van der Waals surface area contributed by atoms with Crippen molar-refractivity contribution >= 4 is 52.4 Å². The summed E-state index contributed by atoms with van der Waals surface area (Å²) in [4.78, 5) is 30.1. The van der Waals surface area contributed by atoms with Crippen molar-refractivity contribution in [2.24, 2.45) is 0 Å². The summed E-state index contributed by atoms with van der Waals surface area (Å²) in [6, 6.07) is 7.71. The summed E-state index contributed by atoms with van der Waals surface area (Å²) in [7, 11) is 0. The van der Waals surface area contributed by atoms with Gasteiger partial charge in [-0.3, -0.25) is 4.79 Å². The number of hydrogen-bond acceptors (Lipinski definition) is 6. The van der Waals surface area contributed by atoms with Crippen LogP contribution in [0.4, 0.5) is 13.2 Å². The molecule has 0 saturated carbocycles. The summed E-state index contributed by atoms with van der Waals surface area (Å²) in [5.74, 6) is -0.769. The fraction of sp³-hybridized carbons (Fsp3) is 0.321. The maximum atomic E-state index is 12.9. The Morgan fingerprint density at radius 1 is 0.949 bits per heavy atom. The number of nitrogens with zero attached hydrogens (tertiary/aromatic N) is 1. The highest BCUT2D eigenvalue weighted by atomic mass is 35.5. The van der Waals surface area contributed by atoms with E-state index in [1.165, 1.54) is 30.4 Å². The number of aromatic nitrogens is 1. The van der Waals surface area contributed by atoms with Gasteiger partial charge in [0.2, 0.25) is 0 Å². The van der Waals surface area contributed by atoms with Gasteiger partial charge in [0, 0.05) is 5.56 Å². The third-order valence-corrected chi connectivity index (χ3v) is 7.33. The predicted molar refractivity (Wildman–Crippen MR) is 148 cm³/mol. The Balaban J connectivity index is 1.78. The fourth-order valence-corrected chi connectivity index (χ4v) is 4.68. The molecule has 5 nitrogen and oxygen atoms in total. The number of carbonyl (C=O) groups excluding carboxylic acids is 2. The molecule has 0 fully saturated rings. The first-order valence-corrected chi connectivity index (χ1v) is 13.2. The largest absolute Gasteiger partial charge is 0.475 e. The van der Waals surface area contributed by atoms with Crippen molar-refractivity contribution in [2.75, 3.05) is 0 Å². The van der Waals surface area contributed by atoms with Gasteiger partial charge in [-0.2, -0.15) is 13.2 Å². The molecule has 0 aliphatic carbocycles. The number of esters is 1. The molecule has 0 radical (unpaired) electrons. The van der Waals surface area contributed by atoms with E-state index in [9.17, 15) is 22.8 Å². The summed E-state index contributed by atoms with van der Waals surface area (Å²) in [6.45, 7) is 9.99. The van der Waals surface area contributed by atoms with E-state index < -0.39 is 28.9 Å². The normalized spacial score (nSPS) is 12.6. The van der Waals surface area contributed by atoms with Crippen LogP contribution in [-0.2, 0) is 15.7 Å². The molecule has 0 spiro atoms. The van der Waals surface area contributed by atoms with Gasteiger partial charge in [-0.25, -0.2) is 9.78 Å². The summed E-state index contributed by atoms with van der Waals surface area (Å²) in [5, 5.41) is 0.597. The number of alkyl halides is 3. The standard InChI is InChI=1S/C28H26Cl2F3NO4S/c1-15-23(39-24(34-15)17-7-11-18(12-8-17)28(31,32)33)19(35)13-9-16-10-14-20(22(30)21(16)29)37-27(5,6)25(36)38-26(2,3)4/h7-14H,1-6H3/b13-9+. The van der Waals surface area contributed by atoms with Crippen molar-refractivity contribution in [3.8, 4) is 16.3 Å². The molecule has 0 bridgehead atoms. The topological polar surface area (TPSA) is 65.5 Å². The van der Waals surface area contributed by atoms with Gasteiger partial charge >= 0.3 is 12.1 Å². The number of halogens is 5. The second-order valence-electron chi connectivity index (χ2n) is 10.1. The fourth-order valence-electron chi connectivity index (χ4n) is 3.26. The highest BCUT2D eigenvalue weighted by Gasteiger charge is 2.35. The zero-order chi connectivity index (χ0) is 29.3. The van der Waals surface area contributed by atoms with E-state index in [1.807, 2.05) is 0 Å². The van der Waals surface area contributed by atoms with E-state index in [2.05, 4.69) is 4.98 Å². The van der Waals surface area contributed by atoms with Crippen LogP contribution in [0, 0.1) is 6.92 Å². The van der Waals surface area contributed by atoms with Crippen LogP contribution in [0.3, 0.4) is 0 Å². The number of benzene rings is 2. The molecule has 39 heavy (non-hydrogen) atoms. The lowest BCUT2D eigenvalue weighted by atomic mass is 10.1. The molecule has 208 valence electrons. The number of carbonyl (C=O) groups is 2. The molecule has 0 atom stereocenters. The number of hydrogen-bond donors (Lipinski definition) is 0. The molecule has 2 aromatic carbocycles. The molecular formula is C28H26Cl2F3NO4S. The van der Waals surface area contributed by atoms with Gasteiger partial charge in [-0.05, 0) is 83.5 Å². The number of ether oxygens (including phenoxy) is 2. The minimum absolute atomic E-state index is 0.0569. The third kappa shape index (κ3) is 7.62. The van der Waals surface area contributed by atoms with Crippen LogP contribution >= 0.6 is 34.5 Å². The van der Waals surface area contributed by atoms with E-state index in [0.29, 0.717) is 26.7 Å². The minimum atomic E-state index is -4.44. The Bertz CT molecular complexity index is 1420. The highest BCUT2D eigenvalue weighted by Crippen LogP contribution is 2.38. The number of aryl methyl sites for hydroxylation is 1. The molecule has 0 saturated heterocycles. The van der Waals surface area contributed by atoms with Crippen molar-refractivity contribution in [3.63, 3.8) is 0 Å². The quantitative estimate of drug-likeness (QED) is 0.154. The Labute approximate surface area is 238 Å². The zero-order valence-corrected chi connectivity index (χ0v) is 24.3. The van der Waals surface area contributed by atoms with Gasteiger partial charge in [0.25, 0.3) is 0 Å². The van der Waals surface area contributed by atoms with Gasteiger partial charge in [-0.15, -0.1) is 11.3 Å². The third-order valence-electron chi connectivity index (χ3n) is 5.23. The van der Waals surface area contributed by atoms with Crippen molar-refractivity contribution in [3.05, 3.63) is 74.2 Å². The molecule has 1 heterocycles. The summed E-state index contributed by atoms with van der Waals surface area (Å²) < 4.78 is 49.7. The van der Waals surface area contributed by atoms with E-state index in [-0.39, 0.29) is 21.6 Å². The lowest BCUT2D eigenvalue weighted by Crippen LogP contribution is -2.43. The van der Waals surface area contributed by atoms with Crippen molar-refractivity contribution in [1.29, 1.82) is 0 Å².